The highest BCUT2D eigenvalue weighted by Gasteiger charge is 2.24. The van der Waals surface area contributed by atoms with E-state index in [-0.39, 0.29) is 11.9 Å². The van der Waals surface area contributed by atoms with Crippen LogP contribution in [0.3, 0.4) is 0 Å². The van der Waals surface area contributed by atoms with Crippen molar-refractivity contribution < 1.29 is 4.39 Å². The first-order chi connectivity index (χ1) is 9.16. The van der Waals surface area contributed by atoms with E-state index in [0.717, 1.165) is 34.1 Å². The average molecular weight is 320 g/mol. The molecule has 1 aliphatic rings. The molecule has 0 saturated carbocycles. The Balaban J connectivity index is 1.91. The van der Waals surface area contributed by atoms with Gasteiger partial charge in [-0.25, -0.2) is 4.39 Å². The number of halogens is 2. The van der Waals surface area contributed by atoms with E-state index in [1.165, 1.54) is 5.56 Å². The lowest BCUT2D eigenvalue weighted by atomic mass is 10.1. The third-order valence-electron chi connectivity index (χ3n) is 3.81. The van der Waals surface area contributed by atoms with Gasteiger partial charge in [-0.2, -0.15) is 0 Å². The van der Waals surface area contributed by atoms with Gasteiger partial charge in [-0.15, -0.1) is 0 Å². The maximum Gasteiger partial charge on any atom is 0.126 e. The number of hydrogen-bond donors (Lipinski definition) is 1. The molecule has 0 heterocycles. The summed E-state index contributed by atoms with van der Waals surface area (Å²) in [6.07, 6.45) is 1.76. The molecule has 0 aromatic heterocycles. The second-order valence-electron chi connectivity index (χ2n) is 4.96. The van der Waals surface area contributed by atoms with E-state index in [1.807, 2.05) is 18.2 Å². The summed E-state index contributed by atoms with van der Waals surface area (Å²) in [6, 6.07) is 11.7. The average Bonchev–Trinajstić information content (AvgIpc) is 2.80. The monoisotopic (exact) mass is 319 g/mol. The summed E-state index contributed by atoms with van der Waals surface area (Å²) in [5, 5.41) is 3.54. The standard InChI is InChI=1S/C16H15BrFN/c1-10-13(17)5-3-7-15(10)19-16-9-8-11-12(16)4-2-6-14(11)18/h2-7,16,19H,8-9H2,1H3. The SMILES string of the molecule is Cc1c(Br)cccc1NC1CCc2c(F)cccc21. The zero-order valence-electron chi connectivity index (χ0n) is 10.7. The van der Waals surface area contributed by atoms with Crippen LogP contribution in [0, 0.1) is 12.7 Å². The van der Waals surface area contributed by atoms with Crippen LogP contribution in [0.4, 0.5) is 10.1 Å². The molecule has 1 N–H and O–H groups in total. The Kier molecular flexibility index (Phi) is 3.31. The minimum atomic E-state index is -0.0761. The lowest BCUT2D eigenvalue weighted by molar-refractivity contribution is 0.612. The fourth-order valence-corrected chi connectivity index (χ4v) is 3.08. The molecule has 3 heteroatoms. The van der Waals surface area contributed by atoms with Crippen LogP contribution in [0.25, 0.3) is 0 Å². The second-order valence-corrected chi connectivity index (χ2v) is 5.81. The molecule has 1 unspecified atom stereocenters. The number of anilines is 1. The van der Waals surface area contributed by atoms with Crippen LogP contribution in [0.5, 0.6) is 0 Å². The molecule has 0 aliphatic heterocycles. The highest BCUT2D eigenvalue weighted by atomic mass is 79.9. The van der Waals surface area contributed by atoms with Crippen molar-refractivity contribution in [3.05, 3.63) is 63.4 Å². The molecule has 2 aromatic rings. The van der Waals surface area contributed by atoms with Gasteiger partial charge in [0.05, 0.1) is 6.04 Å². The molecule has 2 aromatic carbocycles. The fourth-order valence-electron chi connectivity index (χ4n) is 2.71. The maximum absolute atomic E-state index is 13.7. The quantitative estimate of drug-likeness (QED) is 0.821. The van der Waals surface area contributed by atoms with Gasteiger partial charge in [-0.1, -0.05) is 34.1 Å². The van der Waals surface area contributed by atoms with E-state index in [0.29, 0.717) is 0 Å². The molecule has 19 heavy (non-hydrogen) atoms. The van der Waals surface area contributed by atoms with Gasteiger partial charge in [-0.3, -0.25) is 0 Å². The largest absolute Gasteiger partial charge is 0.378 e. The van der Waals surface area contributed by atoms with Gasteiger partial charge in [0.25, 0.3) is 0 Å². The van der Waals surface area contributed by atoms with Gasteiger partial charge in [0.2, 0.25) is 0 Å². The summed E-state index contributed by atoms with van der Waals surface area (Å²) < 4.78 is 14.8. The van der Waals surface area contributed by atoms with Gasteiger partial charge in [-0.05, 0) is 54.7 Å². The normalized spacial score (nSPS) is 17.3. The van der Waals surface area contributed by atoms with Crippen LogP contribution >= 0.6 is 15.9 Å². The van der Waals surface area contributed by atoms with Gasteiger partial charge in [0.15, 0.2) is 0 Å². The van der Waals surface area contributed by atoms with Crippen LogP contribution in [0.15, 0.2) is 40.9 Å². The number of rotatable bonds is 2. The molecule has 0 amide bonds. The Morgan fingerprint density at radius 3 is 2.84 bits per heavy atom. The minimum Gasteiger partial charge on any atom is -0.378 e. The summed E-state index contributed by atoms with van der Waals surface area (Å²) in [6.45, 7) is 2.08. The van der Waals surface area contributed by atoms with Crippen LogP contribution < -0.4 is 5.32 Å². The minimum absolute atomic E-state index is 0.0761. The predicted octanol–water partition coefficient (Wildman–Crippen LogP) is 5.00. The fraction of sp³-hybridized carbons (Fsp3) is 0.250. The molecule has 1 atom stereocenters. The van der Waals surface area contributed by atoms with E-state index in [2.05, 4.69) is 34.2 Å². The molecule has 0 fully saturated rings. The number of hydrogen-bond acceptors (Lipinski definition) is 1. The molecule has 0 spiro atoms. The van der Waals surface area contributed by atoms with Crippen LogP contribution in [-0.2, 0) is 6.42 Å². The number of nitrogens with one attached hydrogen (secondary N) is 1. The molecular formula is C16H15BrFN. The number of benzene rings is 2. The first kappa shape index (κ1) is 12.7. The zero-order valence-corrected chi connectivity index (χ0v) is 12.3. The maximum atomic E-state index is 13.7. The van der Waals surface area contributed by atoms with Crippen molar-refractivity contribution in [2.24, 2.45) is 0 Å². The highest BCUT2D eigenvalue weighted by Crippen LogP contribution is 2.36. The summed E-state index contributed by atoms with van der Waals surface area (Å²) in [7, 11) is 0. The van der Waals surface area contributed by atoms with Gasteiger partial charge in [0, 0.05) is 10.2 Å². The van der Waals surface area contributed by atoms with Crippen molar-refractivity contribution in [1.82, 2.24) is 0 Å². The van der Waals surface area contributed by atoms with Crippen molar-refractivity contribution in [3.63, 3.8) is 0 Å². The predicted molar refractivity (Wildman–Crippen MR) is 80.0 cm³/mol. The first-order valence-electron chi connectivity index (χ1n) is 6.46. The topological polar surface area (TPSA) is 12.0 Å². The highest BCUT2D eigenvalue weighted by molar-refractivity contribution is 9.10. The lowest BCUT2D eigenvalue weighted by Gasteiger charge is -2.18. The van der Waals surface area contributed by atoms with E-state index in [1.54, 1.807) is 12.1 Å². The third-order valence-corrected chi connectivity index (χ3v) is 4.67. The van der Waals surface area contributed by atoms with E-state index in [4.69, 9.17) is 0 Å². The lowest BCUT2D eigenvalue weighted by Crippen LogP contribution is -2.08. The summed E-state index contributed by atoms with van der Waals surface area (Å²) >= 11 is 3.54. The van der Waals surface area contributed by atoms with Gasteiger partial charge >= 0.3 is 0 Å². The Labute approximate surface area is 121 Å². The van der Waals surface area contributed by atoms with Crippen LogP contribution in [0.1, 0.15) is 29.2 Å². The Morgan fingerprint density at radius 2 is 2.00 bits per heavy atom. The summed E-state index contributed by atoms with van der Waals surface area (Å²) in [5.74, 6) is -0.0761. The molecule has 1 aliphatic carbocycles. The van der Waals surface area contributed by atoms with Gasteiger partial charge in [0.1, 0.15) is 5.82 Å². The van der Waals surface area contributed by atoms with E-state index >= 15 is 0 Å². The molecule has 1 nitrogen and oxygen atoms in total. The van der Waals surface area contributed by atoms with Crippen LogP contribution in [-0.4, -0.2) is 0 Å². The molecule has 0 radical (unpaired) electrons. The molecule has 3 rings (SSSR count). The molecule has 0 saturated heterocycles. The van der Waals surface area contributed by atoms with Crippen molar-refractivity contribution in [1.29, 1.82) is 0 Å². The Hall–Kier alpha value is -1.35. The molecular weight excluding hydrogens is 305 g/mol. The molecule has 98 valence electrons. The first-order valence-corrected chi connectivity index (χ1v) is 7.25. The van der Waals surface area contributed by atoms with Crippen molar-refractivity contribution in [2.45, 2.75) is 25.8 Å². The number of fused-ring (bicyclic) bond motifs is 1. The van der Waals surface area contributed by atoms with E-state index < -0.39 is 0 Å². The second kappa shape index (κ2) is 4.97. The van der Waals surface area contributed by atoms with Crippen molar-refractivity contribution in [2.75, 3.05) is 5.32 Å². The smallest absolute Gasteiger partial charge is 0.126 e. The Morgan fingerprint density at radius 1 is 1.21 bits per heavy atom. The van der Waals surface area contributed by atoms with Crippen LogP contribution in [0.2, 0.25) is 0 Å². The summed E-state index contributed by atoms with van der Waals surface area (Å²) in [4.78, 5) is 0. The van der Waals surface area contributed by atoms with E-state index in [9.17, 15) is 4.39 Å². The summed E-state index contributed by atoms with van der Waals surface area (Å²) in [5.41, 5.74) is 4.26. The third kappa shape index (κ3) is 2.27. The van der Waals surface area contributed by atoms with Gasteiger partial charge < -0.3 is 5.32 Å². The van der Waals surface area contributed by atoms with Crippen molar-refractivity contribution >= 4 is 21.6 Å². The zero-order chi connectivity index (χ0) is 13.4. The Bertz CT molecular complexity index is 624. The molecule has 0 bridgehead atoms. The van der Waals surface area contributed by atoms with Crippen molar-refractivity contribution in [3.8, 4) is 0 Å².